The number of anilines is 1. The van der Waals surface area contributed by atoms with Crippen molar-refractivity contribution in [3.63, 3.8) is 0 Å². The molecule has 1 aromatic carbocycles. The highest BCUT2D eigenvalue weighted by molar-refractivity contribution is 7.89. The Balaban J connectivity index is 1.98. The van der Waals surface area contributed by atoms with Gasteiger partial charge in [0.2, 0.25) is 0 Å². The molecule has 0 bridgehead atoms. The number of fused-ring (bicyclic) bond motifs is 1. The van der Waals surface area contributed by atoms with E-state index >= 15 is 0 Å². The van der Waals surface area contributed by atoms with Crippen LogP contribution in [0.5, 0.6) is 0 Å². The van der Waals surface area contributed by atoms with E-state index in [1.165, 1.54) is 22.0 Å². The summed E-state index contributed by atoms with van der Waals surface area (Å²) < 4.78 is 26.0. The molecule has 2 N–H and O–H groups in total. The van der Waals surface area contributed by atoms with Crippen LogP contribution in [0.25, 0.3) is 0 Å². The van der Waals surface area contributed by atoms with E-state index in [0.29, 0.717) is 10.8 Å². The van der Waals surface area contributed by atoms with E-state index in [-0.39, 0.29) is 11.4 Å². The molecule has 0 amide bonds. The van der Waals surface area contributed by atoms with Crippen LogP contribution in [-0.2, 0) is 16.6 Å². The van der Waals surface area contributed by atoms with Gasteiger partial charge < -0.3 is 5.73 Å². The molecule has 0 radical (unpaired) electrons. The van der Waals surface area contributed by atoms with E-state index in [0.717, 1.165) is 4.88 Å². The molecule has 0 saturated heterocycles. The number of aliphatic imine (C=N–C) groups is 1. The molecule has 1 aliphatic heterocycles. The first-order valence-electron chi connectivity index (χ1n) is 5.42. The first kappa shape index (κ1) is 12.1. The fourth-order valence-electron chi connectivity index (χ4n) is 1.77. The third kappa shape index (κ3) is 2.08. The zero-order valence-electron chi connectivity index (χ0n) is 9.72. The van der Waals surface area contributed by atoms with Crippen molar-refractivity contribution in [2.75, 3.05) is 5.73 Å². The standard InChI is InChI=1S/C11H10N4O2S2/c12-11-13-5-8(18-11)6-15-7-14-9-3-1-2-4-10(9)19(15,16)17/h1-5,7H,6H2,(H2,12,13). The monoisotopic (exact) mass is 294 g/mol. The fraction of sp³-hybridized carbons (Fsp3) is 0.0909. The van der Waals surface area contributed by atoms with Crippen LogP contribution >= 0.6 is 11.3 Å². The van der Waals surface area contributed by atoms with Gasteiger partial charge in [0.05, 0.1) is 12.2 Å². The lowest BCUT2D eigenvalue weighted by molar-refractivity contribution is 0.523. The van der Waals surface area contributed by atoms with Gasteiger partial charge >= 0.3 is 0 Å². The van der Waals surface area contributed by atoms with E-state index in [9.17, 15) is 8.42 Å². The third-order valence-electron chi connectivity index (χ3n) is 2.66. The molecular weight excluding hydrogens is 284 g/mol. The van der Waals surface area contributed by atoms with E-state index in [1.807, 2.05) is 0 Å². The van der Waals surface area contributed by atoms with Crippen LogP contribution in [0.2, 0.25) is 0 Å². The Bertz CT molecular complexity index is 752. The smallest absolute Gasteiger partial charge is 0.267 e. The molecule has 1 aliphatic rings. The largest absolute Gasteiger partial charge is 0.375 e. The van der Waals surface area contributed by atoms with Gasteiger partial charge in [-0.3, -0.25) is 4.31 Å². The number of sulfonamides is 1. The zero-order valence-corrected chi connectivity index (χ0v) is 11.4. The van der Waals surface area contributed by atoms with Crippen LogP contribution in [0.1, 0.15) is 4.88 Å². The molecule has 8 heteroatoms. The maximum Gasteiger partial charge on any atom is 0.267 e. The summed E-state index contributed by atoms with van der Waals surface area (Å²) in [4.78, 5) is 9.04. The highest BCUT2D eigenvalue weighted by atomic mass is 32.2. The minimum atomic E-state index is -3.55. The summed E-state index contributed by atoms with van der Waals surface area (Å²) in [7, 11) is -3.55. The minimum Gasteiger partial charge on any atom is -0.375 e. The second-order valence-corrected chi connectivity index (χ2v) is 6.93. The van der Waals surface area contributed by atoms with Gasteiger partial charge in [-0.1, -0.05) is 12.1 Å². The molecule has 0 fully saturated rings. The average Bonchev–Trinajstić information content (AvgIpc) is 2.79. The predicted octanol–water partition coefficient (Wildman–Crippen LogP) is 1.59. The zero-order chi connectivity index (χ0) is 13.5. The number of aromatic nitrogens is 1. The Morgan fingerprint density at radius 2 is 2.11 bits per heavy atom. The molecule has 6 nitrogen and oxygen atoms in total. The molecule has 2 heterocycles. The fourth-order valence-corrected chi connectivity index (χ4v) is 3.91. The second kappa shape index (κ2) is 4.32. The Kier molecular flexibility index (Phi) is 2.76. The number of thiazole rings is 1. The molecule has 0 aliphatic carbocycles. The lowest BCUT2D eigenvalue weighted by atomic mass is 10.3. The average molecular weight is 294 g/mol. The number of hydrogen-bond acceptors (Lipinski definition) is 6. The van der Waals surface area contributed by atoms with Gasteiger partial charge in [-0.15, -0.1) is 11.3 Å². The number of nitrogens with zero attached hydrogens (tertiary/aromatic N) is 3. The van der Waals surface area contributed by atoms with E-state index < -0.39 is 10.0 Å². The van der Waals surface area contributed by atoms with Crippen LogP contribution in [0.4, 0.5) is 10.8 Å². The molecule has 19 heavy (non-hydrogen) atoms. The highest BCUT2D eigenvalue weighted by Crippen LogP contribution is 2.31. The van der Waals surface area contributed by atoms with Gasteiger partial charge in [-0.25, -0.2) is 18.4 Å². The van der Waals surface area contributed by atoms with Crippen molar-refractivity contribution in [2.45, 2.75) is 11.4 Å². The van der Waals surface area contributed by atoms with E-state index in [2.05, 4.69) is 9.98 Å². The molecule has 0 atom stereocenters. The summed E-state index contributed by atoms with van der Waals surface area (Å²) in [6.07, 6.45) is 2.90. The van der Waals surface area contributed by atoms with Crippen molar-refractivity contribution >= 4 is 38.5 Å². The molecule has 98 valence electrons. The summed E-state index contributed by atoms with van der Waals surface area (Å²) in [5.74, 6) is 0. The predicted molar refractivity (Wildman–Crippen MR) is 73.8 cm³/mol. The number of para-hydroxylation sites is 1. The molecule has 0 unspecified atom stereocenters. The lowest BCUT2D eigenvalue weighted by Gasteiger charge is -2.23. The van der Waals surface area contributed by atoms with Gasteiger partial charge in [0.1, 0.15) is 11.2 Å². The Morgan fingerprint density at radius 3 is 2.84 bits per heavy atom. The number of nitrogens with two attached hydrogens (primary N) is 1. The summed E-state index contributed by atoms with van der Waals surface area (Å²) in [6, 6.07) is 6.66. The van der Waals surface area contributed by atoms with Crippen molar-refractivity contribution in [3.05, 3.63) is 35.3 Å². The molecule has 1 aromatic heterocycles. The van der Waals surface area contributed by atoms with Crippen LogP contribution < -0.4 is 5.73 Å². The number of hydrogen-bond donors (Lipinski definition) is 1. The first-order valence-corrected chi connectivity index (χ1v) is 7.68. The van der Waals surface area contributed by atoms with Crippen molar-refractivity contribution in [1.29, 1.82) is 0 Å². The molecule has 3 rings (SSSR count). The van der Waals surface area contributed by atoms with E-state index in [1.54, 1.807) is 30.5 Å². The summed E-state index contributed by atoms with van der Waals surface area (Å²) in [5, 5.41) is 0.418. The Morgan fingerprint density at radius 1 is 1.32 bits per heavy atom. The highest BCUT2D eigenvalue weighted by Gasteiger charge is 2.28. The quantitative estimate of drug-likeness (QED) is 0.911. The van der Waals surface area contributed by atoms with Crippen LogP contribution in [0.3, 0.4) is 0 Å². The van der Waals surface area contributed by atoms with Crippen molar-refractivity contribution in [1.82, 2.24) is 9.29 Å². The molecular formula is C11H10N4O2S2. The minimum absolute atomic E-state index is 0.190. The maximum atomic E-state index is 12.4. The normalized spacial score (nSPS) is 16.3. The molecule has 0 spiro atoms. The van der Waals surface area contributed by atoms with Gasteiger partial charge in [0.25, 0.3) is 10.0 Å². The Labute approximate surface area is 114 Å². The summed E-state index contributed by atoms with van der Waals surface area (Å²) >= 11 is 1.26. The number of benzene rings is 1. The second-order valence-electron chi connectivity index (χ2n) is 3.93. The van der Waals surface area contributed by atoms with Crippen molar-refractivity contribution in [2.24, 2.45) is 4.99 Å². The van der Waals surface area contributed by atoms with Gasteiger partial charge in [-0.05, 0) is 12.1 Å². The summed E-state index contributed by atoms with van der Waals surface area (Å²) in [5.41, 5.74) is 5.99. The maximum absolute atomic E-state index is 12.4. The van der Waals surface area contributed by atoms with Crippen LogP contribution in [-0.4, -0.2) is 24.0 Å². The van der Waals surface area contributed by atoms with Gasteiger partial charge in [0, 0.05) is 11.1 Å². The van der Waals surface area contributed by atoms with E-state index in [4.69, 9.17) is 5.73 Å². The van der Waals surface area contributed by atoms with Gasteiger partial charge in [0.15, 0.2) is 5.13 Å². The number of nitrogen functional groups attached to an aromatic ring is 1. The van der Waals surface area contributed by atoms with Crippen LogP contribution in [0, 0.1) is 0 Å². The van der Waals surface area contributed by atoms with Crippen molar-refractivity contribution in [3.8, 4) is 0 Å². The molecule has 2 aromatic rings. The van der Waals surface area contributed by atoms with Crippen molar-refractivity contribution < 1.29 is 8.42 Å². The lowest BCUT2D eigenvalue weighted by Crippen LogP contribution is -2.31. The molecule has 0 saturated carbocycles. The van der Waals surface area contributed by atoms with Crippen LogP contribution in [0.15, 0.2) is 40.4 Å². The first-order chi connectivity index (χ1) is 9.07. The Hall–Kier alpha value is -1.93. The third-order valence-corrected chi connectivity index (χ3v) is 5.21. The number of rotatable bonds is 2. The topological polar surface area (TPSA) is 88.7 Å². The SMILES string of the molecule is Nc1ncc(CN2C=Nc3ccccc3S2(=O)=O)s1. The summed E-state index contributed by atoms with van der Waals surface area (Å²) in [6.45, 7) is 0.190. The van der Waals surface area contributed by atoms with Gasteiger partial charge in [-0.2, -0.15) is 0 Å².